The molecule has 0 fully saturated rings. The summed E-state index contributed by atoms with van der Waals surface area (Å²) in [5, 5.41) is 23.3. The maximum Gasteiger partial charge on any atom is 0.273 e. The van der Waals surface area contributed by atoms with E-state index in [9.17, 15) is 15.2 Å². The van der Waals surface area contributed by atoms with E-state index in [0.29, 0.717) is 12.3 Å². The standard InChI is InChI=1S/C20H20N2O4/c1-21(20-11-4-7-15-6-2-3-10-19(15)20)13-17(23)14-26-18-9-5-8-16(12-18)22(24)25/h2-12,17,23H,13-14H2,1H3. The number of aliphatic hydroxyl groups excluding tert-OH is 1. The largest absolute Gasteiger partial charge is 0.491 e. The molecule has 0 saturated carbocycles. The summed E-state index contributed by atoms with van der Waals surface area (Å²) in [7, 11) is 1.92. The normalized spacial score (nSPS) is 11.9. The molecule has 3 aromatic carbocycles. The minimum absolute atomic E-state index is 0.0372. The predicted molar refractivity (Wildman–Crippen MR) is 102 cm³/mol. The molecule has 6 heteroatoms. The molecule has 0 spiro atoms. The number of fused-ring (bicyclic) bond motifs is 1. The third-order valence-corrected chi connectivity index (χ3v) is 4.13. The summed E-state index contributed by atoms with van der Waals surface area (Å²) in [5.74, 6) is 0.367. The van der Waals surface area contributed by atoms with Gasteiger partial charge >= 0.3 is 0 Å². The fourth-order valence-corrected chi connectivity index (χ4v) is 2.89. The summed E-state index contributed by atoms with van der Waals surface area (Å²) in [6, 6.07) is 20.1. The van der Waals surface area contributed by atoms with Crippen LogP contribution in [0.25, 0.3) is 10.8 Å². The predicted octanol–water partition coefficient (Wildman–Crippen LogP) is 3.62. The highest BCUT2D eigenvalue weighted by atomic mass is 16.6. The van der Waals surface area contributed by atoms with Gasteiger partial charge in [0.25, 0.3) is 5.69 Å². The van der Waals surface area contributed by atoms with Crippen LogP contribution >= 0.6 is 0 Å². The molecule has 0 bridgehead atoms. The molecule has 0 radical (unpaired) electrons. The van der Waals surface area contributed by atoms with Crippen LogP contribution in [-0.4, -0.2) is 36.3 Å². The van der Waals surface area contributed by atoms with Gasteiger partial charge < -0.3 is 14.7 Å². The quantitative estimate of drug-likeness (QED) is 0.519. The van der Waals surface area contributed by atoms with Crippen molar-refractivity contribution in [3.63, 3.8) is 0 Å². The second kappa shape index (κ2) is 7.84. The van der Waals surface area contributed by atoms with Crippen LogP contribution in [0.15, 0.2) is 66.7 Å². The van der Waals surface area contributed by atoms with Crippen molar-refractivity contribution in [3.8, 4) is 5.75 Å². The molecule has 0 aliphatic heterocycles. The van der Waals surface area contributed by atoms with Gasteiger partial charge in [-0.2, -0.15) is 0 Å². The van der Waals surface area contributed by atoms with Crippen molar-refractivity contribution in [1.82, 2.24) is 0 Å². The average molecular weight is 352 g/mol. The number of ether oxygens (including phenoxy) is 1. The van der Waals surface area contributed by atoms with Crippen LogP contribution in [0.3, 0.4) is 0 Å². The lowest BCUT2D eigenvalue weighted by Gasteiger charge is -2.24. The van der Waals surface area contributed by atoms with Crippen LogP contribution in [0.1, 0.15) is 0 Å². The molecule has 1 atom stereocenters. The summed E-state index contributed by atoms with van der Waals surface area (Å²) in [6.45, 7) is 0.430. The summed E-state index contributed by atoms with van der Waals surface area (Å²) < 4.78 is 5.50. The number of aliphatic hydroxyl groups is 1. The van der Waals surface area contributed by atoms with Gasteiger partial charge in [0.15, 0.2) is 0 Å². The Morgan fingerprint density at radius 1 is 1.12 bits per heavy atom. The highest BCUT2D eigenvalue weighted by Gasteiger charge is 2.13. The van der Waals surface area contributed by atoms with Gasteiger partial charge in [0.05, 0.1) is 11.0 Å². The molecule has 3 rings (SSSR count). The zero-order valence-corrected chi connectivity index (χ0v) is 14.4. The molecule has 3 aromatic rings. The van der Waals surface area contributed by atoms with Gasteiger partial charge in [0, 0.05) is 30.7 Å². The Morgan fingerprint density at radius 3 is 2.65 bits per heavy atom. The van der Waals surface area contributed by atoms with Crippen LogP contribution in [0.2, 0.25) is 0 Å². The topological polar surface area (TPSA) is 75.8 Å². The van der Waals surface area contributed by atoms with Gasteiger partial charge in [-0.05, 0) is 17.5 Å². The van der Waals surface area contributed by atoms with Crippen LogP contribution in [0.5, 0.6) is 5.75 Å². The Balaban J connectivity index is 1.63. The van der Waals surface area contributed by atoms with Crippen molar-refractivity contribution < 1.29 is 14.8 Å². The lowest BCUT2D eigenvalue weighted by molar-refractivity contribution is -0.384. The third-order valence-electron chi connectivity index (χ3n) is 4.13. The number of anilines is 1. The van der Waals surface area contributed by atoms with E-state index in [0.717, 1.165) is 16.5 Å². The molecule has 6 nitrogen and oxygen atoms in total. The van der Waals surface area contributed by atoms with Crippen molar-refractivity contribution in [2.75, 3.05) is 25.1 Å². The SMILES string of the molecule is CN(CC(O)COc1cccc([N+](=O)[O-])c1)c1cccc2ccccc12. The molecule has 0 aliphatic rings. The summed E-state index contributed by atoms with van der Waals surface area (Å²) >= 11 is 0. The molecule has 0 saturated heterocycles. The second-order valence-corrected chi connectivity index (χ2v) is 6.10. The minimum Gasteiger partial charge on any atom is -0.491 e. The Labute approximate surface area is 151 Å². The summed E-state index contributed by atoms with van der Waals surface area (Å²) in [5.41, 5.74) is 0.988. The van der Waals surface area contributed by atoms with E-state index in [1.165, 1.54) is 12.1 Å². The van der Waals surface area contributed by atoms with Crippen LogP contribution in [-0.2, 0) is 0 Å². The monoisotopic (exact) mass is 352 g/mol. The number of nitrogens with zero attached hydrogens (tertiary/aromatic N) is 2. The van der Waals surface area contributed by atoms with E-state index in [2.05, 4.69) is 12.1 Å². The van der Waals surface area contributed by atoms with Gasteiger partial charge in [-0.3, -0.25) is 10.1 Å². The van der Waals surface area contributed by atoms with Crippen LogP contribution in [0, 0.1) is 10.1 Å². The number of nitro groups is 1. The molecule has 0 amide bonds. The summed E-state index contributed by atoms with van der Waals surface area (Å²) in [6.07, 6.45) is -0.738. The van der Waals surface area contributed by atoms with Crippen molar-refractivity contribution in [2.45, 2.75) is 6.10 Å². The molecule has 0 aromatic heterocycles. The minimum atomic E-state index is -0.738. The molecule has 1 unspecified atom stereocenters. The van der Waals surface area contributed by atoms with Gasteiger partial charge in [0.2, 0.25) is 0 Å². The van der Waals surface area contributed by atoms with Gasteiger partial charge in [-0.25, -0.2) is 0 Å². The molecule has 1 N–H and O–H groups in total. The highest BCUT2D eigenvalue weighted by molar-refractivity contribution is 5.94. The summed E-state index contributed by atoms with van der Waals surface area (Å²) in [4.78, 5) is 12.3. The maximum atomic E-state index is 10.8. The molecule has 0 aliphatic carbocycles. The van der Waals surface area contributed by atoms with E-state index in [1.54, 1.807) is 12.1 Å². The molecule has 26 heavy (non-hydrogen) atoms. The smallest absolute Gasteiger partial charge is 0.273 e. The average Bonchev–Trinajstić information content (AvgIpc) is 2.66. The van der Waals surface area contributed by atoms with Gasteiger partial charge in [-0.15, -0.1) is 0 Å². The number of rotatable bonds is 7. The Morgan fingerprint density at radius 2 is 1.85 bits per heavy atom. The van der Waals surface area contributed by atoms with Crippen molar-refractivity contribution in [3.05, 3.63) is 76.8 Å². The van der Waals surface area contributed by atoms with E-state index < -0.39 is 11.0 Å². The number of benzene rings is 3. The lowest BCUT2D eigenvalue weighted by atomic mass is 10.1. The molecular formula is C20H20N2O4. The number of likely N-dealkylation sites (N-methyl/N-ethyl adjacent to an activating group) is 1. The first-order valence-corrected chi connectivity index (χ1v) is 8.29. The van der Waals surface area contributed by atoms with E-state index in [4.69, 9.17) is 4.74 Å². The first kappa shape index (κ1) is 17.7. The van der Waals surface area contributed by atoms with Crippen LogP contribution in [0.4, 0.5) is 11.4 Å². The zero-order chi connectivity index (χ0) is 18.5. The number of nitro benzene ring substituents is 1. The highest BCUT2D eigenvalue weighted by Crippen LogP contribution is 2.26. The number of hydrogen-bond acceptors (Lipinski definition) is 5. The number of hydrogen-bond donors (Lipinski definition) is 1. The molecular weight excluding hydrogens is 332 g/mol. The second-order valence-electron chi connectivity index (χ2n) is 6.10. The fourth-order valence-electron chi connectivity index (χ4n) is 2.89. The third kappa shape index (κ3) is 4.10. The fraction of sp³-hybridized carbons (Fsp3) is 0.200. The number of non-ortho nitro benzene ring substituents is 1. The van der Waals surface area contributed by atoms with Gasteiger partial charge in [0.1, 0.15) is 18.5 Å². The van der Waals surface area contributed by atoms with E-state index in [1.807, 2.05) is 42.3 Å². The van der Waals surface area contributed by atoms with Crippen molar-refractivity contribution in [1.29, 1.82) is 0 Å². The van der Waals surface area contributed by atoms with Crippen molar-refractivity contribution in [2.24, 2.45) is 0 Å². The van der Waals surface area contributed by atoms with Crippen LogP contribution < -0.4 is 9.64 Å². The zero-order valence-electron chi connectivity index (χ0n) is 14.4. The maximum absolute atomic E-state index is 10.8. The lowest BCUT2D eigenvalue weighted by Crippen LogP contribution is -2.33. The van der Waals surface area contributed by atoms with E-state index >= 15 is 0 Å². The Hall–Kier alpha value is -3.12. The van der Waals surface area contributed by atoms with Crippen molar-refractivity contribution >= 4 is 22.1 Å². The Kier molecular flexibility index (Phi) is 5.34. The first-order valence-electron chi connectivity index (χ1n) is 8.29. The molecule has 134 valence electrons. The first-order chi connectivity index (χ1) is 12.5. The van der Waals surface area contributed by atoms with E-state index in [-0.39, 0.29) is 12.3 Å². The molecule has 0 heterocycles. The Bertz CT molecular complexity index is 908. The van der Waals surface area contributed by atoms with Gasteiger partial charge in [-0.1, -0.05) is 42.5 Å².